The van der Waals surface area contributed by atoms with Gasteiger partial charge < -0.3 is 10.2 Å². The maximum atomic E-state index is 12.4. The number of rotatable bonds is 7. The number of aromatic nitrogens is 2. The van der Waals surface area contributed by atoms with Gasteiger partial charge in [0.15, 0.2) is 0 Å². The van der Waals surface area contributed by atoms with E-state index in [-0.39, 0.29) is 11.9 Å². The molecule has 0 aliphatic carbocycles. The lowest BCUT2D eigenvalue weighted by atomic mass is 10.2. The fourth-order valence-electron chi connectivity index (χ4n) is 3.12. The van der Waals surface area contributed by atoms with Gasteiger partial charge in [0.05, 0.1) is 13.1 Å². The van der Waals surface area contributed by atoms with E-state index in [1.807, 2.05) is 27.9 Å². The monoisotopic (exact) mass is 341 g/mol. The quantitative estimate of drug-likeness (QED) is 0.822. The van der Waals surface area contributed by atoms with Crippen LogP contribution in [0.1, 0.15) is 12.5 Å². The van der Waals surface area contributed by atoms with Crippen molar-refractivity contribution < 1.29 is 4.79 Å². The van der Waals surface area contributed by atoms with Gasteiger partial charge in [0.25, 0.3) is 0 Å². The van der Waals surface area contributed by atoms with Crippen molar-refractivity contribution in [2.75, 3.05) is 32.7 Å². The Kier molecular flexibility index (Phi) is 6.19. The molecule has 1 saturated heterocycles. The van der Waals surface area contributed by atoms with E-state index in [0.717, 1.165) is 39.3 Å². The van der Waals surface area contributed by atoms with Crippen LogP contribution in [-0.2, 0) is 17.9 Å². The molecule has 0 radical (unpaired) electrons. The zero-order valence-corrected chi connectivity index (χ0v) is 14.8. The molecule has 0 saturated carbocycles. The third kappa shape index (κ3) is 5.41. The first-order valence-corrected chi connectivity index (χ1v) is 8.95. The van der Waals surface area contributed by atoms with Crippen molar-refractivity contribution in [1.29, 1.82) is 0 Å². The van der Waals surface area contributed by atoms with Crippen LogP contribution < -0.4 is 5.32 Å². The molecular weight excluding hydrogens is 314 g/mol. The molecular formula is C19H27N5O. The molecule has 1 unspecified atom stereocenters. The molecule has 1 aromatic heterocycles. The Morgan fingerprint density at radius 3 is 2.60 bits per heavy atom. The summed E-state index contributed by atoms with van der Waals surface area (Å²) >= 11 is 0. The second-order valence-corrected chi connectivity index (χ2v) is 6.65. The summed E-state index contributed by atoms with van der Waals surface area (Å²) in [5.41, 5.74) is 1.33. The highest BCUT2D eigenvalue weighted by atomic mass is 16.2. The van der Waals surface area contributed by atoms with Crippen LogP contribution in [0.5, 0.6) is 0 Å². The van der Waals surface area contributed by atoms with Crippen molar-refractivity contribution in [2.45, 2.75) is 26.1 Å². The van der Waals surface area contributed by atoms with Gasteiger partial charge in [-0.25, -0.2) is 0 Å². The number of amides is 1. The smallest absolute Gasteiger partial charge is 0.236 e. The van der Waals surface area contributed by atoms with Crippen molar-refractivity contribution in [2.24, 2.45) is 0 Å². The zero-order chi connectivity index (χ0) is 17.5. The molecule has 1 atom stereocenters. The Labute approximate surface area is 149 Å². The van der Waals surface area contributed by atoms with Crippen LogP contribution in [0.25, 0.3) is 0 Å². The summed E-state index contributed by atoms with van der Waals surface area (Å²) in [7, 11) is 0. The second kappa shape index (κ2) is 8.78. The van der Waals surface area contributed by atoms with Crippen molar-refractivity contribution in [3.63, 3.8) is 0 Å². The molecule has 2 aromatic rings. The van der Waals surface area contributed by atoms with Gasteiger partial charge >= 0.3 is 0 Å². The molecule has 25 heavy (non-hydrogen) atoms. The lowest BCUT2D eigenvalue weighted by molar-refractivity contribution is -0.132. The standard InChI is InChI=1S/C19H27N5O/c1-17(15-24-9-5-8-21-24)20-14-19(25)23-12-10-22(11-13-23)16-18-6-3-2-4-7-18/h2-9,17,20H,10-16H2,1H3. The molecule has 1 aliphatic rings. The van der Waals surface area contributed by atoms with Crippen LogP contribution in [0.2, 0.25) is 0 Å². The molecule has 3 rings (SSSR count). The number of piperazine rings is 1. The number of carbonyl (C=O) groups excluding carboxylic acids is 1. The molecule has 6 nitrogen and oxygen atoms in total. The molecule has 0 bridgehead atoms. The summed E-state index contributed by atoms with van der Waals surface area (Å²) in [6.07, 6.45) is 3.71. The molecule has 1 aromatic carbocycles. The Morgan fingerprint density at radius 1 is 1.16 bits per heavy atom. The van der Waals surface area contributed by atoms with E-state index < -0.39 is 0 Å². The van der Waals surface area contributed by atoms with E-state index in [1.54, 1.807) is 6.20 Å². The molecule has 134 valence electrons. The van der Waals surface area contributed by atoms with Crippen molar-refractivity contribution in [3.05, 3.63) is 54.4 Å². The maximum absolute atomic E-state index is 12.4. The molecule has 1 fully saturated rings. The van der Waals surface area contributed by atoms with Crippen LogP contribution in [0.3, 0.4) is 0 Å². The fraction of sp³-hybridized carbons (Fsp3) is 0.474. The SMILES string of the molecule is CC(Cn1cccn1)NCC(=O)N1CCN(Cc2ccccc2)CC1. The maximum Gasteiger partial charge on any atom is 0.236 e. The van der Waals surface area contributed by atoms with Gasteiger partial charge in [0.1, 0.15) is 0 Å². The molecule has 1 amide bonds. The molecule has 2 heterocycles. The second-order valence-electron chi connectivity index (χ2n) is 6.65. The number of nitrogens with zero attached hydrogens (tertiary/aromatic N) is 4. The summed E-state index contributed by atoms with van der Waals surface area (Å²) in [6, 6.07) is 12.6. The average molecular weight is 341 g/mol. The molecule has 6 heteroatoms. The molecule has 1 N–H and O–H groups in total. The number of benzene rings is 1. The van der Waals surface area contributed by atoms with Gasteiger partial charge in [-0.1, -0.05) is 30.3 Å². The highest BCUT2D eigenvalue weighted by molar-refractivity contribution is 5.78. The summed E-state index contributed by atoms with van der Waals surface area (Å²) in [6.45, 7) is 7.68. The lowest BCUT2D eigenvalue weighted by Gasteiger charge is -2.35. The van der Waals surface area contributed by atoms with Crippen LogP contribution in [-0.4, -0.2) is 64.3 Å². The summed E-state index contributed by atoms with van der Waals surface area (Å²) in [5, 5.41) is 7.50. The minimum atomic E-state index is 0.187. The topological polar surface area (TPSA) is 53.4 Å². The van der Waals surface area contributed by atoms with E-state index in [1.165, 1.54) is 5.56 Å². The number of carbonyl (C=O) groups is 1. The van der Waals surface area contributed by atoms with Crippen LogP contribution >= 0.6 is 0 Å². The van der Waals surface area contributed by atoms with E-state index in [2.05, 4.69) is 46.5 Å². The predicted molar refractivity (Wildman–Crippen MR) is 98.0 cm³/mol. The first-order valence-electron chi connectivity index (χ1n) is 8.95. The van der Waals surface area contributed by atoms with Crippen LogP contribution in [0.15, 0.2) is 48.8 Å². The molecule has 0 spiro atoms. The van der Waals surface area contributed by atoms with Crippen LogP contribution in [0, 0.1) is 0 Å². The number of hydrogen-bond donors (Lipinski definition) is 1. The summed E-state index contributed by atoms with van der Waals surface area (Å²) < 4.78 is 1.88. The van der Waals surface area contributed by atoms with Crippen molar-refractivity contribution >= 4 is 5.91 Å². The van der Waals surface area contributed by atoms with Gasteiger partial charge in [0.2, 0.25) is 5.91 Å². The Morgan fingerprint density at radius 2 is 1.92 bits per heavy atom. The number of hydrogen-bond acceptors (Lipinski definition) is 4. The summed E-state index contributed by atoms with van der Waals surface area (Å²) in [5.74, 6) is 0.187. The van der Waals surface area contributed by atoms with E-state index >= 15 is 0 Å². The highest BCUT2D eigenvalue weighted by Crippen LogP contribution is 2.08. The highest BCUT2D eigenvalue weighted by Gasteiger charge is 2.21. The zero-order valence-electron chi connectivity index (χ0n) is 14.8. The summed E-state index contributed by atoms with van der Waals surface area (Å²) in [4.78, 5) is 16.8. The van der Waals surface area contributed by atoms with Crippen molar-refractivity contribution in [3.8, 4) is 0 Å². The van der Waals surface area contributed by atoms with E-state index in [4.69, 9.17) is 0 Å². The predicted octanol–water partition coefficient (Wildman–Crippen LogP) is 1.21. The number of nitrogens with one attached hydrogen (secondary N) is 1. The van der Waals surface area contributed by atoms with Crippen molar-refractivity contribution in [1.82, 2.24) is 24.9 Å². The first-order chi connectivity index (χ1) is 12.2. The molecule has 1 aliphatic heterocycles. The minimum Gasteiger partial charge on any atom is -0.339 e. The normalized spacial score (nSPS) is 16.8. The van der Waals surface area contributed by atoms with Gasteiger partial charge in [-0.3, -0.25) is 14.4 Å². The van der Waals surface area contributed by atoms with Gasteiger partial charge in [-0.15, -0.1) is 0 Å². The Hall–Kier alpha value is -2.18. The lowest BCUT2D eigenvalue weighted by Crippen LogP contribution is -2.51. The average Bonchev–Trinajstić information content (AvgIpc) is 3.14. The van der Waals surface area contributed by atoms with E-state index in [9.17, 15) is 4.79 Å². The third-order valence-electron chi connectivity index (χ3n) is 4.60. The van der Waals surface area contributed by atoms with Gasteiger partial charge in [-0.05, 0) is 18.6 Å². The Bertz CT molecular complexity index is 635. The van der Waals surface area contributed by atoms with Gasteiger partial charge in [0, 0.05) is 51.2 Å². The van der Waals surface area contributed by atoms with E-state index in [0.29, 0.717) is 6.54 Å². The largest absolute Gasteiger partial charge is 0.339 e. The Balaban J connectivity index is 1.36. The van der Waals surface area contributed by atoms with Crippen LogP contribution in [0.4, 0.5) is 0 Å². The van der Waals surface area contributed by atoms with Gasteiger partial charge in [-0.2, -0.15) is 5.10 Å². The fourth-order valence-corrected chi connectivity index (χ4v) is 3.12. The first kappa shape index (κ1) is 17.6. The minimum absolute atomic E-state index is 0.187. The third-order valence-corrected chi connectivity index (χ3v) is 4.60.